The minimum atomic E-state index is 0.229. The predicted octanol–water partition coefficient (Wildman–Crippen LogP) is 3.40. The number of rotatable bonds is 7. The van der Waals surface area contributed by atoms with Gasteiger partial charge in [0.15, 0.2) is 0 Å². The Morgan fingerprint density at radius 2 is 2.10 bits per heavy atom. The minimum absolute atomic E-state index is 0.229. The van der Waals surface area contributed by atoms with Crippen molar-refractivity contribution in [1.82, 2.24) is 24.6 Å². The summed E-state index contributed by atoms with van der Waals surface area (Å²) in [6.45, 7) is 8.81. The van der Waals surface area contributed by atoms with E-state index < -0.39 is 0 Å². The summed E-state index contributed by atoms with van der Waals surface area (Å²) < 4.78 is 2.06. The van der Waals surface area contributed by atoms with E-state index in [1.807, 2.05) is 18.5 Å². The fourth-order valence-electron chi connectivity index (χ4n) is 4.59. The van der Waals surface area contributed by atoms with E-state index in [1.165, 1.54) is 17.7 Å². The molecule has 4 rings (SSSR count). The molecule has 1 aliphatic carbocycles. The summed E-state index contributed by atoms with van der Waals surface area (Å²) in [5.41, 5.74) is 3.68. The lowest BCUT2D eigenvalue weighted by atomic mass is 9.83. The van der Waals surface area contributed by atoms with Crippen molar-refractivity contribution in [3.05, 3.63) is 47.5 Å². The lowest BCUT2D eigenvalue weighted by Crippen LogP contribution is -2.51. The van der Waals surface area contributed by atoms with E-state index in [0.717, 1.165) is 57.4 Å². The van der Waals surface area contributed by atoms with Crippen LogP contribution in [0.15, 0.2) is 30.7 Å². The van der Waals surface area contributed by atoms with E-state index in [-0.39, 0.29) is 12.0 Å². The Kier molecular flexibility index (Phi) is 6.28. The van der Waals surface area contributed by atoms with E-state index in [0.29, 0.717) is 12.5 Å². The molecule has 2 aromatic heterocycles. The van der Waals surface area contributed by atoms with Gasteiger partial charge in [-0.2, -0.15) is 5.10 Å². The molecule has 0 spiro atoms. The fourth-order valence-corrected chi connectivity index (χ4v) is 4.59. The number of carbonyl (C=O) groups excluding carboxylic acids is 1. The average molecular weight is 396 g/mol. The fraction of sp³-hybridized carbons (Fsp3) is 0.609. The van der Waals surface area contributed by atoms with Crippen molar-refractivity contribution in [3.8, 4) is 0 Å². The van der Waals surface area contributed by atoms with Crippen molar-refractivity contribution in [2.75, 3.05) is 13.1 Å². The van der Waals surface area contributed by atoms with Crippen LogP contribution in [0.2, 0.25) is 0 Å². The highest BCUT2D eigenvalue weighted by Gasteiger charge is 2.35. The molecule has 29 heavy (non-hydrogen) atoms. The molecule has 0 radical (unpaired) electrons. The number of likely N-dealkylation sites (tertiary alicyclic amines) is 1. The lowest BCUT2D eigenvalue weighted by Gasteiger charge is -2.42. The third-order valence-corrected chi connectivity index (χ3v) is 6.63. The van der Waals surface area contributed by atoms with E-state index in [9.17, 15) is 4.79 Å². The summed E-state index contributed by atoms with van der Waals surface area (Å²) >= 11 is 0. The van der Waals surface area contributed by atoms with Crippen LogP contribution in [0.5, 0.6) is 0 Å². The molecular weight excluding hydrogens is 362 g/mol. The third-order valence-electron chi connectivity index (χ3n) is 6.63. The van der Waals surface area contributed by atoms with Gasteiger partial charge in [0.25, 0.3) is 0 Å². The van der Waals surface area contributed by atoms with Crippen molar-refractivity contribution in [2.45, 2.75) is 71.6 Å². The van der Waals surface area contributed by atoms with Crippen LogP contribution >= 0.6 is 0 Å². The summed E-state index contributed by atoms with van der Waals surface area (Å²) in [6, 6.07) is 4.32. The van der Waals surface area contributed by atoms with Crippen molar-refractivity contribution in [2.24, 2.45) is 5.92 Å². The van der Waals surface area contributed by atoms with Crippen molar-refractivity contribution in [1.29, 1.82) is 0 Å². The second-order valence-corrected chi connectivity index (χ2v) is 8.56. The van der Waals surface area contributed by atoms with Crippen LogP contribution in [0.3, 0.4) is 0 Å². The number of nitrogens with zero attached hydrogens (tertiary/aromatic N) is 5. The standard InChI is InChI=1S/C23H33N5O/c1-3-28-18(2)21(14-25-28)16-26-12-6-10-22(17-26)27(23(29)20-8-4-9-20)15-19-7-5-11-24-13-19/h5,7,11,13-14,20,22H,3-4,6,8-10,12,15-17H2,1-2H3. The van der Waals surface area contributed by atoms with Crippen LogP contribution < -0.4 is 0 Å². The first-order valence-corrected chi connectivity index (χ1v) is 11.1. The molecule has 0 aromatic carbocycles. The van der Waals surface area contributed by atoms with Crippen molar-refractivity contribution >= 4 is 5.91 Å². The monoisotopic (exact) mass is 395 g/mol. The van der Waals surface area contributed by atoms with Crippen LogP contribution in [-0.2, 0) is 24.4 Å². The van der Waals surface area contributed by atoms with Gasteiger partial charge in [-0.1, -0.05) is 12.5 Å². The number of aromatic nitrogens is 3. The van der Waals surface area contributed by atoms with Gasteiger partial charge in [0, 0.05) is 61.8 Å². The number of hydrogen-bond donors (Lipinski definition) is 0. The third kappa shape index (κ3) is 4.53. The van der Waals surface area contributed by atoms with Gasteiger partial charge in [-0.25, -0.2) is 0 Å². The van der Waals surface area contributed by atoms with Gasteiger partial charge in [0.1, 0.15) is 0 Å². The zero-order chi connectivity index (χ0) is 20.2. The Morgan fingerprint density at radius 1 is 1.24 bits per heavy atom. The van der Waals surface area contributed by atoms with Gasteiger partial charge in [-0.15, -0.1) is 0 Å². The molecule has 2 fully saturated rings. The molecule has 1 saturated heterocycles. The smallest absolute Gasteiger partial charge is 0.226 e. The molecule has 2 aliphatic rings. The SMILES string of the molecule is CCn1ncc(CN2CCCC(N(Cc3cccnc3)C(=O)C3CCC3)C2)c1C. The number of amides is 1. The zero-order valence-electron chi connectivity index (χ0n) is 17.8. The van der Waals surface area contributed by atoms with Crippen LogP contribution in [0, 0.1) is 12.8 Å². The highest BCUT2D eigenvalue weighted by Crippen LogP contribution is 2.31. The topological polar surface area (TPSA) is 54.3 Å². The van der Waals surface area contributed by atoms with Crippen LogP contribution in [0.4, 0.5) is 0 Å². The second kappa shape index (κ2) is 9.08. The molecule has 2 aromatic rings. The normalized spacial score (nSPS) is 20.4. The molecule has 1 amide bonds. The van der Waals surface area contributed by atoms with Gasteiger partial charge in [0.05, 0.1) is 6.20 Å². The first kappa shape index (κ1) is 20.1. The summed E-state index contributed by atoms with van der Waals surface area (Å²) in [5.74, 6) is 0.578. The maximum Gasteiger partial charge on any atom is 0.226 e. The molecule has 1 unspecified atom stereocenters. The quantitative estimate of drug-likeness (QED) is 0.721. The molecule has 0 N–H and O–H groups in total. The minimum Gasteiger partial charge on any atom is -0.334 e. The van der Waals surface area contributed by atoms with E-state index in [4.69, 9.17) is 0 Å². The van der Waals surface area contributed by atoms with Crippen LogP contribution in [0.1, 0.15) is 55.8 Å². The predicted molar refractivity (Wildman–Crippen MR) is 113 cm³/mol. The Hall–Kier alpha value is -2.21. The molecule has 3 heterocycles. The van der Waals surface area contributed by atoms with Gasteiger partial charge in [0.2, 0.25) is 5.91 Å². The number of carbonyl (C=O) groups is 1. The maximum atomic E-state index is 13.3. The number of hydrogen-bond acceptors (Lipinski definition) is 4. The van der Waals surface area contributed by atoms with E-state index in [1.54, 1.807) is 6.20 Å². The lowest BCUT2D eigenvalue weighted by molar-refractivity contribution is -0.142. The molecule has 6 heteroatoms. The Morgan fingerprint density at radius 3 is 2.76 bits per heavy atom. The van der Waals surface area contributed by atoms with Gasteiger partial charge in [-0.05, 0) is 57.7 Å². The summed E-state index contributed by atoms with van der Waals surface area (Å²) in [7, 11) is 0. The molecule has 0 bridgehead atoms. The van der Waals surface area contributed by atoms with E-state index >= 15 is 0 Å². The van der Waals surface area contributed by atoms with Crippen molar-refractivity contribution in [3.63, 3.8) is 0 Å². The number of pyridine rings is 1. The molecule has 1 saturated carbocycles. The molecule has 6 nitrogen and oxygen atoms in total. The van der Waals surface area contributed by atoms with E-state index in [2.05, 4.69) is 44.5 Å². The highest BCUT2D eigenvalue weighted by atomic mass is 16.2. The molecule has 156 valence electrons. The molecular formula is C23H33N5O. The summed E-state index contributed by atoms with van der Waals surface area (Å²) in [6.07, 6.45) is 11.2. The summed E-state index contributed by atoms with van der Waals surface area (Å²) in [4.78, 5) is 22.2. The summed E-state index contributed by atoms with van der Waals surface area (Å²) in [5, 5.41) is 4.50. The van der Waals surface area contributed by atoms with Gasteiger partial charge in [-0.3, -0.25) is 19.4 Å². The van der Waals surface area contributed by atoms with Gasteiger partial charge < -0.3 is 4.90 Å². The second-order valence-electron chi connectivity index (χ2n) is 8.56. The number of aryl methyl sites for hydroxylation is 1. The molecule has 1 atom stereocenters. The maximum absolute atomic E-state index is 13.3. The van der Waals surface area contributed by atoms with Crippen LogP contribution in [0.25, 0.3) is 0 Å². The largest absolute Gasteiger partial charge is 0.334 e. The Labute approximate surface area is 173 Å². The highest BCUT2D eigenvalue weighted by molar-refractivity contribution is 5.80. The Bertz CT molecular complexity index is 814. The van der Waals surface area contributed by atoms with Crippen LogP contribution in [-0.4, -0.2) is 49.6 Å². The van der Waals surface area contributed by atoms with Crippen molar-refractivity contribution < 1.29 is 4.79 Å². The molecule has 1 aliphatic heterocycles. The first-order chi connectivity index (χ1) is 14.2. The number of piperidine rings is 1. The van der Waals surface area contributed by atoms with Gasteiger partial charge >= 0.3 is 0 Å². The Balaban J connectivity index is 1.47. The average Bonchev–Trinajstić information content (AvgIpc) is 3.05. The zero-order valence-corrected chi connectivity index (χ0v) is 17.8. The first-order valence-electron chi connectivity index (χ1n) is 11.1.